The highest BCUT2D eigenvalue weighted by molar-refractivity contribution is 5.67. The number of hydrogen-bond acceptors (Lipinski definition) is 6. The van der Waals surface area contributed by atoms with E-state index in [9.17, 15) is 19.8 Å². The number of rotatable bonds is 5. The van der Waals surface area contributed by atoms with Gasteiger partial charge in [-0.3, -0.25) is 9.59 Å². The fourth-order valence-electron chi connectivity index (χ4n) is 7.11. The van der Waals surface area contributed by atoms with E-state index in [2.05, 4.69) is 20.4 Å². The Morgan fingerprint density at radius 2 is 1.67 bits per heavy atom. The van der Waals surface area contributed by atoms with Crippen molar-refractivity contribution in [1.29, 1.82) is 0 Å². The Hall–Kier alpha value is -1.40. The Balaban J connectivity index is 1.92. The third-order valence-electron chi connectivity index (χ3n) is 8.81. The smallest absolute Gasteiger partial charge is 0.303 e. The van der Waals surface area contributed by atoms with E-state index in [1.165, 1.54) is 19.4 Å². The van der Waals surface area contributed by atoms with Crippen LogP contribution in [0.25, 0.3) is 0 Å². The molecule has 0 radical (unpaired) electrons. The second-order valence-corrected chi connectivity index (χ2v) is 10.3. The molecule has 3 aliphatic carbocycles. The summed E-state index contributed by atoms with van der Waals surface area (Å²) in [5.74, 6) is -0.220. The normalized spacial score (nSPS) is 43.7. The lowest BCUT2D eigenvalue weighted by Gasteiger charge is -2.57. The third kappa shape index (κ3) is 3.93. The van der Waals surface area contributed by atoms with Crippen molar-refractivity contribution >= 4 is 11.9 Å². The van der Waals surface area contributed by atoms with Crippen molar-refractivity contribution in [3.63, 3.8) is 0 Å². The van der Waals surface area contributed by atoms with E-state index in [0.717, 1.165) is 25.7 Å². The molecule has 170 valence electrons. The van der Waals surface area contributed by atoms with Crippen LogP contribution in [0.3, 0.4) is 0 Å². The van der Waals surface area contributed by atoms with Crippen molar-refractivity contribution in [1.82, 2.24) is 0 Å². The number of carbonyl (C=O) groups is 2. The Morgan fingerprint density at radius 1 is 1.03 bits per heavy atom. The largest absolute Gasteiger partial charge is 0.459 e. The van der Waals surface area contributed by atoms with Gasteiger partial charge in [0, 0.05) is 27.1 Å². The molecule has 0 saturated heterocycles. The first-order valence-corrected chi connectivity index (χ1v) is 11.3. The number of hydrogen-bond donors (Lipinski definition) is 2. The summed E-state index contributed by atoms with van der Waals surface area (Å²) in [5.41, 5.74) is 1.04. The van der Waals surface area contributed by atoms with Crippen LogP contribution in [-0.2, 0) is 19.1 Å². The second kappa shape index (κ2) is 8.62. The molecule has 0 aromatic carbocycles. The fraction of sp³-hybridized carbons (Fsp3) is 0.833. The molecule has 2 N–H and O–H groups in total. The first-order chi connectivity index (χ1) is 14.1. The summed E-state index contributed by atoms with van der Waals surface area (Å²) in [6.07, 6.45) is 3.89. The highest BCUT2D eigenvalue weighted by Crippen LogP contribution is 2.63. The van der Waals surface area contributed by atoms with E-state index < -0.39 is 24.1 Å². The number of carbonyl (C=O) groups excluding carboxylic acids is 2. The van der Waals surface area contributed by atoms with Gasteiger partial charge < -0.3 is 19.7 Å². The van der Waals surface area contributed by atoms with Gasteiger partial charge in [0.25, 0.3) is 0 Å². The number of allylic oxidation sites excluding steroid dienone is 1. The van der Waals surface area contributed by atoms with Gasteiger partial charge in [-0.05, 0) is 73.0 Å². The van der Waals surface area contributed by atoms with Crippen LogP contribution >= 0.6 is 0 Å². The number of fused-ring (bicyclic) bond motifs is 1. The minimum atomic E-state index is -0.552. The Bertz CT molecular complexity index is 689. The first kappa shape index (κ1) is 23.3. The quantitative estimate of drug-likeness (QED) is 0.522. The molecule has 3 saturated carbocycles. The molecule has 6 nitrogen and oxygen atoms in total. The predicted octanol–water partition coefficient (Wildman–Crippen LogP) is 3.25. The van der Waals surface area contributed by atoms with Crippen molar-refractivity contribution < 1.29 is 29.3 Å². The summed E-state index contributed by atoms with van der Waals surface area (Å²) < 4.78 is 11.1. The Labute approximate surface area is 180 Å². The van der Waals surface area contributed by atoms with Crippen LogP contribution in [0.2, 0.25) is 0 Å². The molecule has 3 fully saturated rings. The maximum absolute atomic E-state index is 11.8. The summed E-state index contributed by atoms with van der Waals surface area (Å²) in [4.78, 5) is 23.4. The van der Waals surface area contributed by atoms with Crippen LogP contribution in [0.5, 0.6) is 0 Å². The van der Waals surface area contributed by atoms with Crippen molar-refractivity contribution in [2.24, 2.45) is 34.5 Å². The zero-order chi connectivity index (χ0) is 22.3. The van der Waals surface area contributed by atoms with E-state index in [1.807, 2.05) is 0 Å². The number of ether oxygens (including phenoxy) is 2. The van der Waals surface area contributed by atoms with Crippen LogP contribution in [0.1, 0.15) is 66.2 Å². The van der Waals surface area contributed by atoms with Gasteiger partial charge in [0.15, 0.2) is 0 Å². The topological polar surface area (TPSA) is 93.1 Å². The first-order valence-electron chi connectivity index (χ1n) is 11.3. The van der Waals surface area contributed by atoms with Crippen LogP contribution < -0.4 is 0 Å². The summed E-state index contributed by atoms with van der Waals surface area (Å²) >= 11 is 0. The average Bonchev–Trinajstić information content (AvgIpc) is 2.97. The van der Waals surface area contributed by atoms with E-state index in [4.69, 9.17) is 9.47 Å². The molecule has 0 aromatic rings. The molecule has 6 heteroatoms. The maximum Gasteiger partial charge on any atom is 0.303 e. The highest BCUT2D eigenvalue weighted by atomic mass is 16.6. The van der Waals surface area contributed by atoms with Crippen LogP contribution in [0.4, 0.5) is 0 Å². The summed E-state index contributed by atoms with van der Waals surface area (Å²) in [5, 5.41) is 20.7. The zero-order valence-electron chi connectivity index (χ0n) is 18.9. The Kier molecular flexibility index (Phi) is 6.68. The molecule has 0 aromatic heterocycles. The molecule has 0 spiro atoms. The average molecular weight is 423 g/mol. The lowest BCUT2D eigenvalue weighted by atomic mass is 9.49. The van der Waals surface area contributed by atoms with E-state index in [-0.39, 0.29) is 41.8 Å². The molecule has 30 heavy (non-hydrogen) atoms. The molecule has 0 heterocycles. The summed E-state index contributed by atoms with van der Waals surface area (Å²) in [7, 11) is 0. The van der Waals surface area contributed by atoms with E-state index in [1.54, 1.807) is 0 Å². The van der Waals surface area contributed by atoms with Gasteiger partial charge in [-0.25, -0.2) is 0 Å². The second-order valence-electron chi connectivity index (χ2n) is 10.3. The summed E-state index contributed by atoms with van der Waals surface area (Å²) in [6.45, 7) is 11.6. The molecule has 0 amide bonds. The molecule has 0 aliphatic heterocycles. The van der Waals surface area contributed by atoms with Gasteiger partial charge in [-0.2, -0.15) is 0 Å². The van der Waals surface area contributed by atoms with Crippen molar-refractivity contribution in [2.45, 2.75) is 78.4 Å². The minimum absolute atomic E-state index is 0.0235. The van der Waals surface area contributed by atoms with Gasteiger partial charge >= 0.3 is 11.9 Å². The van der Waals surface area contributed by atoms with E-state index in [0.29, 0.717) is 18.8 Å². The van der Waals surface area contributed by atoms with Gasteiger partial charge in [-0.15, -0.1) is 0 Å². The van der Waals surface area contributed by atoms with Crippen LogP contribution in [0, 0.1) is 34.5 Å². The number of aliphatic hydroxyl groups excluding tert-OH is 2. The predicted molar refractivity (Wildman–Crippen MR) is 112 cm³/mol. The fourth-order valence-corrected chi connectivity index (χ4v) is 7.11. The maximum atomic E-state index is 11.8. The molecular weight excluding hydrogens is 384 g/mol. The van der Waals surface area contributed by atoms with Gasteiger partial charge in [-0.1, -0.05) is 26.0 Å². The molecular formula is C24H38O6. The summed E-state index contributed by atoms with van der Waals surface area (Å²) in [6, 6.07) is 0. The van der Waals surface area contributed by atoms with Gasteiger partial charge in [0.2, 0.25) is 0 Å². The molecule has 8 atom stereocenters. The van der Waals surface area contributed by atoms with Crippen molar-refractivity contribution in [2.75, 3.05) is 13.2 Å². The number of aliphatic hydroxyl groups is 2. The van der Waals surface area contributed by atoms with Crippen molar-refractivity contribution in [3.05, 3.63) is 12.2 Å². The lowest BCUT2D eigenvalue weighted by molar-refractivity contribution is -0.189. The van der Waals surface area contributed by atoms with Gasteiger partial charge in [0.1, 0.15) is 12.2 Å². The lowest BCUT2D eigenvalue weighted by Crippen LogP contribution is -2.56. The monoisotopic (exact) mass is 422 g/mol. The molecule has 2 unspecified atom stereocenters. The molecule has 3 aliphatic rings. The minimum Gasteiger partial charge on any atom is -0.459 e. The van der Waals surface area contributed by atoms with E-state index >= 15 is 0 Å². The number of esters is 2. The van der Waals surface area contributed by atoms with Crippen molar-refractivity contribution in [3.8, 4) is 0 Å². The van der Waals surface area contributed by atoms with Crippen LogP contribution in [-0.4, -0.2) is 47.6 Å². The van der Waals surface area contributed by atoms with Gasteiger partial charge in [0.05, 0.1) is 0 Å². The SMILES string of the molecule is C=C1CCC2[C@H](CO)C([C@@]3(C)C[C@@H](OC(C)=O)[C@@H](OC(C)=O)C[C@@H]3CO)CC[C@]12C. The molecule has 3 rings (SSSR count). The highest BCUT2D eigenvalue weighted by Gasteiger charge is 2.58. The van der Waals surface area contributed by atoms with Crippen LogP contribution in [0.15, 0.2) is 12.2 Å². The molecule has 0 bridgehead atoms. The zero-order valence-corrected chi connectivity index (χ0v) is 18.9. The Morgan fingerprint density at radius 3 is 2.23 bits per heavy atom. The third-order valence-corrected chi connectivity index (χ3v) is 8.81. The standard InChI is InChI=1S/C24H38O6/c1-14-6-7-19-18(13-26)20(8-9-23(14,19)4)24(5)11-22(30-16(3)28)21(29-15(2)27)10-17(24)12-25/h17-22,25-26H,1,6-13H2,2-5H3/t17-,18+,19?,20?,21+,22-,23-,24+/m1/s1.